The van der Waals surface area contributed by atoms with Crippen LogP contribution in [0.4, 0.5) is 0 Å². The second-order valence-corrected chi connectivity index (χ2v) is 5.59. The standard InChI is InChI=1S/C16H18N2O3/c19-15-8-12(16(20)21)13-10-18(7-6-14(13)17-15)9-11-4-2-1-3-5-11/h1-5,12H,6-10H2,(H,17,19)(H,20,21). The number of carbonyl (C=O) groups is 2. The lowest BCUT2D eigenvalue weighted by Gasteiger charge is -2.35. The van der Waals surface area contributed by atoms with Gasteiger partial charge in [0.2, 0.25) is 5.91 Å². The van der Waals surface area contributed by atoms with Gasteiger partial charge in [0.05, 0.1) is 5.92 Å². The molecule has 0 saturated carbocycles. The van der Waals surface area contributed by atoms with E-state index in [-0.39, 0.29) is 12.3 Å². The summed E-state index contributed by atoms with van der Waals surface area (Å²) in [4.78, 5) is 25.2. The molecule has 5 heteroatoms. The molecule has 21 heavy (non-hydrogen) atoms. The van der Waals surface area contributed by atoms with Crippen molar-refractivity contribution in [1.82, 2.24) is 10.2 Å². The second kappa shape index (κ2) is 5.69. The number of carbonyl (C=O) groups excluding carboxylic acids is 1. The topological polar surface area (TPSA) is 69.6 Å². The van der Waals surface area contributed by atoms with Crippen LogP contribution >= 0.6 is 0 Å². The summed E-state index contributed by atoms with van der Waals surface area (Å²) in [6, 6.07) is 10.1. The number of nitrogens with zero attached hydrogens (tertiary/aromatic N) is 1. The fourth-order valence-corrected chi connectivity index (χ4v) is 3.05. The van der Waals surface area contributed by atoms with Crippen LogP contribution in [0.1, 0.15) is 18.4 Å². The number of rotatable bonds is 3. The molecule has 0 bridgehead atoms. The minimum Gasteiger partial charge on any atom is -0.481 e. The van der Waals surface area contributed by atoms with Crippen molar-refractivity contribution < 1.29 is 14.7 Å². The Morgan fingerprint density at radius 3 is 2.81 bits per heavy atom. The SMILES string of the molecule is O=C1CC(C(=O)O)C2=C(CCN(Cc3ccccc3)C2)N1. The summed E-state index contributed by atoms with van der Waals surface area (Å²) in [6.45, 7) is 2.25. The van der Waals surface area contributed by atoms with Crippen LogP contribution in [0.25, 0.3) is 0 Å². The quantitative estimate of drug-likeness (QED) is 0.880. The average Bonchev–Trinajstić information content (AvgIpc) is 2.47. The van der Waals surface area contributed by atoms with Crippen LogP contribution in [-0.4, -0.2) is 35.0 Å². The van der Waals surface area contributed by atoms with Gasteiger partial charge in [0, 0.05) is 38.2 Å². The first-order valence-corrected chi connectivity index (χ1v) is 7.14. The van der Waals surface area contributed by atoms with Crippen molar-refractivity contribution in [2.24, 2.45) is 5.92 Å². The molecule has 2 aliphatic heterocycles. The third-order valence-electron chi connectivity index (χ3n) is 4.11. The van der Waals surface area contributed by atoms with Gasteiger partial charge in [-0.1, -0.05) is 30.3 Å². The molecule has 1 amide bonds. The summed E-state index contributed by atoms with van der Waals surface area (Å²) in [5, 5.41) is 12.2. The van der Waals surface area contributed by atoms with E-state index in [4.69, 9.17) is 0 Å². The first-order valence-electron chi connectivity index (χ1n) is 7.14. The Morgan fingerprint density at radius 2 is 2.10 bits per heavy atom. The van der Waals surface area contributed by atoms with E-state index < -0.39 is 11.9 Å². The second-order valence-electron chi connectivity index (χ2n) is 5.59. The monoisotopic (exact) mass is 286 g/mol. The maximum Gasteiger partial charge on any atom is 0.311 e. The predicted molar refractivity (Wildman–Crippen MR) is 77.2 cm³/mol. The Kier molecular flexibility index (Phi) is 3.75. The van der Waals surface area contributed by atoms with E-state index in [0.717, 1.165) is 24.4 Å². The van der Waals surface area contributed by atoms with Crippen molar-refractivity contribution in [2.75, 3.05) is 13.1 Å². The van der Waals surface area contributed by atoms with Crippen LogP contribution < -0.4 is 5.32 Å². The third-order valence-corrected chi connectivity index (χ3v) is 4.11. The summed E-state index contributed by atoms with van der Waals surface area (Å²) >= 11 is 0. The molecule has 0 radical (unpaired) electrons. The van der Waals surface area contributed by atoms with Crippen molar-refractivity contribution in [2.45, 2.75) is 19.4 Å². The molecule has 1 unspecified atom stereocenters. The molecule has 0 spiro atoms. The summed E-state index contributed by atoms with van der Waals surface area (Å²) in [6.07, 6.45) is 0.755. The minimum absolute atomic E-state index is 0.0490. The molecule has 0 aliphatic carbocycles. The third kappa shape index (κ3) is 2.97. The average molecular weight is 286 g/mol. The van der Waals surface area contributed by atoms with E-state index >= 15 is 0 Å². The molecule has 0 saturated heterocycles. The van der Waals surface area contributed by atoms with Crippen LogP contribution in [0.2, 0.25) is 0 Å². The van der Waals surface area contributed by atoms with Gasteiger partial charge in [-0.2, -0.15) is 0 Å². The predicted octanol–water partition coefficient (Wildman–Crippen LogP) is 1.37. The van der Waals surface area contributed by atoms with Crippen LogP contribution in [0.15, 0.2) is 41.6 Å². The van der Waals surface area contributed by atoms with Crippen molar-refractivity contribution in [3.63, 3.8) is 0 Å². The highest BCUT2D eigenvalue weighted by atomic mass is 16.4. The highest BCUT2D eigenvalue weighted by molar-refractivity contribution is 5.87. The number of aliphatic carboxylic acids is 1. The molecule has 1 aromatic rings. The van der Waals surface area contributed by atoms with Gasteiger partial charge in [0.15, 0.2) is 0 Å². The summed E-state index contributed by atoms with van der Waals surface area (Å²) in [5.41, 5.74) is 2.90. The smallest absolute Gasteiger partial charge is 0.311 e. The molecule has 0 aromatic heterocycles. The zero-order chi connectivity index (χ0) is 14.8. The molecule has 110 valence electrons. The zero-order valence-electron chi connectivity index (χ0n) is 11.7. The number of carboxylic acid groups (broad SMARTS) is 1. The number of carboxylic acids is 1. The molecular formula is C16H18N2O3. The number of nitrogens with one attached hydrogen (secondary N) is 1. The summed E-state index contributed by atoms with van der Waals surface area (Å²) in [7, 11) is 0. The van der Waals surface area contributed by atoms with E-state index in [2.05, 4.69) is 22.3 Å². The van der Waals surface area contributed by atoms with Gasteiger partial charge in [-0.15, -0.1) is 0 Å². The number of amides is 1. The Hall–Kier alpha value is -2.14. The van der Waals surface area contributed by atoms with Gasteiger partial charge < -0.3 is 10.4 Å². The lowest BCUT2D eigenvalue weighted by atomic mass is 9.87. The highest BCUT2D eigenvalue weighted by Crippen LogP contribution is 2.29. The number of hydrogen-bond donors (Lipinski definition) is 2. The first kappa shape index (κ1) is 13.8. The Balaban J connectivity index is 1.77. The maximum atomic E-state index is 11.6. The Morgan fingerprint density at radius 1 is 1.33 bits per heavy atom. The van der Waals surface area contributed by atoms with Gasteiger partial charge in [-0.25, -0.2) is 0 Å². The zero-order valence-corrected chi connectivity index (χ0v) is 11.7. The molecular weight excluding hydrogens is 268 g/mol. The van der Waals surface area contributed by atoms with Crippen LogP contribution in [-0.2, 0) is 16.1 Å². The largest absolute Gasteiger partial charge is 0.481 e. The molecule has 1 atom stereocenters. The minimum atomic E-state index is -0.904. The van der Waals surface area contributed by atoms with E-state index in [1.54, 1.807) is 0 Å². The van der Waals surface area contributed by atoms with Crippen molar-refractivity contribution in [1.29, 1.82) is 0 Å². The van der Waals surface area contributed by atoms with Gasteiger partial charge in [-0.3, -0.25) is 14.5 Å². The molecule has 2 aliphatic rings. The lowest BCUT2D eigenvalue weighted by molar-refractivity contribution is -0.143. The molecule has 2 heterocycles. The Labute approximate surface area is 123 Å². The van der Waals surface area contributed by atoms with Gasteiger partial charge in [-0.05, 0) is 11.1 Å². The Bertz CT molecular complexity index is 595. The molecule has 2 N–H and O–H groups in total. The first-order chi connectivity index (χ1) is 10.1. The van der Waals surface area contributed by atoms with E-state index in [1.807, 2.05) is 18.2 Å². The fraction of sp³-hybridized carbons (Fsp3) is 0.375. The van der Waals surface area contributed by atoms with Crippen molar-refractivity contribution in [3.05, 3.63) is 47.2 Å². The molecule has 1 aromatic carbocycles. The van der Waals surface area contributed by atoms with E-state index in [0.29, 0.717) is 13.0 Å². The lowest BCUT2D eigenvalue weighted by Crippen LogP contribution is -2.44. The van der Waals surface area contributed by atoms with Crippen molar-refractivity contribution in [3.8, 4) is 0 Å². The van der Waals surface area contributed by atoms with Crippen molar-refractivity contribution >= 4 is 11.9 Å². The fourth-order valence-electron chi connectivity index (χ4n) is 3.05. The number of benzene rings is 1. The summed E-state index contributed by atoms with van der Waals surface area (Å²) < 4.78 is 0. The van der Waals surface area contributed by atoms with Crippen LogP contribution in [0.3, 0.4) is 0 Å². The van der Waals surface area contributed by atoms with Crippen LogP contribution in [0, 0.1) is 5.92 Å². The van der Waals surface area contributed by atoms with E-state index in [1.165, 1.54) is 5.56 Å². The summed E-state index contributed by atoms with van der Waals surface area (Å²) in [5.74, 6) is -1.76. The molecule has 5 nitrogen and oxygen atoms in total. The molecule has 0 fully saturated rings. The van der Waals surface area contributed by atoms with Gasteiger partial charge in [0.25, 0.3) is 0 Å². The highest BCUT2D eigenvalue weighted by Gasteiger charge is 2.35. The number of hydrogen-bond acceptors (Lipinski definition) is 3. The normalized spacial score (nSPS) is 22.7. The maximum absolute atomic E-state index is 11.6. The van der Waals surface area contributed by atoms with E-state index in [9.17, 15) is 14.7 Å². The van der Waals surface area contributed by atoms with Gasteiger partial charge >= 0.3 is 5.97 Å². The van der Waals surface area contributed by atoms with Crippen LogP contribution in [0.5, 0.6) is 0 Å². The van der Waals surface area contributed by atoms with Gasteiger partial charge in [0.1, 0.15) is 0 Å². The molecule has 3 rings (SSSR count).